The van der Waals surface area contributed by atoms with Crippen molar-refractivity contribution >= 4 is 35.4 Å². The monoisotopic (exact) mass is 246 g/mol. The van der Waals surface area contributed by atoms with Crippen molar-refractivity contribution in [3.63, 3.8) is 0 Å². The molecule has 2 rings (SSSR count). The fourth-order valence-electron chi connectivity index (χ4n) is 1.91. The molecule has 1 aromatic rings. The average Bonchev–Trinajstić information content (AvgIpc) is 2.19. The molecule has 0 aromatic heterocycles. The topological polar surface area (TPSA) is 29.3 Å². The van der Waals surface area contributed by atoms with Gasteiger partial charge in [-0.05, 0) is 37.5 Å². The van der Waals surface area contributed by atoms with E-state index in [9.17, 15) is 0 Å². The second-order valence-corrected chi connectivity index (χ2v) is 4.17. The summed E-state index contributed by atoms with van der Waals surface area (Å²) in [7, 11) is 0. The van der Waals surface area contributed by atoms with E-state index in [-0.39, 0.29) is 12.4 Å². The zero-order valence-corrected chi connectivity index (χ0v) is 10.2. The van der Waals surface area contributed by atoms with Gasteiger partial charge in [-0.25, -0.2) is 0 Å². The van der Waals surface area contributed by atoms with Gasteiger partial charge < -0.3 is 10.6 Å². The van der Waals surface area contributed by atoms with Crippen LogP contribution in [-0.2, 0) is 0 Å². The molecule has 0 atom stereocenters. The average molecular weight is 247 g/mol. The largest absolute Gasteiger partial charge is 0.399 e. The van der Waals surface area contributed by atoms with E-state index in [1.807, 2.05) is 18.2 Å². The lowest BCUT2D eigenvalue weighted by molar-refractivity contribution is 0.578. The van der Waals surface area contributed by atoms with Crippen LogP contribution in [0.2, 0.25) is 5.02 Å². The number of hydrogen-bond acceptors (Lipinski definition) is 2. The van der Waals surface area contributed by atoms with Gasteiger partial charge in [0.25, 0.3) is 0 Å². The Kier molecular flexibility index (Phi) is 4.55. The molecule has 1 heterocycles. The highest BCUT2D eigenvalue weighted by Gasteiger charge is 2.13. The van der Waals surface area contributed by atoms with Gasteiger partial charge in [0.05, 0.1) is 10.7 Å². The Bertz CT molecular complexity index is 322. The molecule has 1 fully saturated rings. The zero-order valence-electron chi connectivity index (χ0n) is 8.58. The molecule has 15 heavy (non-hydrogen) atoms. The molecule has 0 unspecified atom stereocenters. The Balaban J connectivity index is 0.00000112. The summed E-state index contributed by atoms with van der Waals surface area (Å²) >= 11 is 6.14. The third kappa shape index (κ3) is 2.93. The van der Waals surface area contributed by atoms with Crippen LogP contribution in [0.4, 0.5) is 11.4 Å². The number of nitrogens with two attached hydrogens (primary N) is 1. The lowest BCUT2D eigenvalue weighted by atomic mass is 10.1. The molecule has 2 N–H and O–H groups in total. The summed E-state index contributed by atoms with van der Waals surface area (Å²) in [6.07, 6.45) is 3.87. The lowest BCUT2D eigenvalue weighted by Crippen LogP contribution is -2.29. The SMILES string of the molecule is Cl.Nc1ccc(N2CCCCC2)c(Cl)c1. The number of nitrogen functional groups attached to an aromatic ring is 1. The molecular weight excluding hydrogens is 231 g/mol. The number of rotatable bonds is 1. The van der Waals surface area contributed by atoms with Crippen LogP contribution in [0.15, 0.2) is 18.2 Å². The van der Waals surface area contributed by atoms with E-state index in [0.29, 0.717) is 0 Å². The smallest absolute Gasteiger partial charge is 0.0660 e. The maximum atomic E-state index is 6.14. The molecule has 1 aliphatic rings. The van der Waals surface area contributed by atoms with Gasteiger partial charge in [0.15, 0.2) is 0 Å². The normalized spacial score (nSPS) is 15.9. The second kappa shape index (κ2) is 5.47. The van der Waals surface area contributed by atoms with E-state index in [4.69, 9.17) is 17.3 Å². The molecule has 0 spiro atoms. The predicted octanol–water partition coefficient (Wildman–Crippen LogP) is 3.33. The van der Waals surface area contributed by atoms with Crippen LogP contribution in [0.25, 0.3) is 0 Å². The van der Waals surface area contributed by atoms with Crippen molar-refractivity contribution in [3.05, 3.63) is 23.2 Å². The molecule has 1 saturated heterocycles. The van der Waals surface area contributed by atoms with E-state index < -0.39 is 0 Å². The van der Waals surface area contributed by atoms with Crippen molar-refractivity contribution < 1.29 is 0 Å². The van der Waals surface area contributed by atoms with Gasteiger partial charge in [-0.15, -0.1) is 12.4 Å². The highest BCUT2D eigenvalue weighted by Crippen LogP contribution is 2.29. The first-order valence-electron chi connectivity index (χ1n) is 5.07. The van der Waals surface area contributed by atoms with Gasteiger partial charge in [0, 0.05) is 18.8 Å². The Hall–Kier alpha value is -0.600. The number of piperidine rings is 1. The number of hydrogen-bond donors (Lipinski definition) is 1. The Morgan fingerprint density at radius 3 is 2.40 bits per heavy atom. The van der Waals surface area contributed by atoms with Gasteiger partial charge in [-0.1, -0.05) is 11.6 Å². The number of anilines is 2. The molecule has 0 bridgehead atoms. The molecule has 1 aromatic carbocycles. The summed E-state index contributed by atoms with van der Waals surface area (Å²) in [6, 6.07) is 5.75. The van der Waals surface area contributed by atoms with Gasteiger partial charge in [-0.3, -0.25) is 0 Å². The quantitative estimate of drug-likeness (QED) is 0.771. The molecule has 0 radical (unpaired) electrons. The van der Waals surface area contributed by atoms with Crippen LogP contribution < -0.4 is 10.6 Å². The predicted molar refractivity (Wildman–Crippen MR) is 69.2 cm³/mol. The van der Waals surface area contributed by atoms with Crippen LogP contribution in [0.5, 0.6) is 0 Å². The highest BCUT2D eigenvalue weighted by molar-refractivity contribution is 6.33. The number of nitrogens with zero attached hydrogens (tertiary/aromatic N) is 1. The Labute approximate surface area is 102 Å². The van der Waals surface area contributed by atoms with Crippen molar-refractivity contribution in [2.24, 2.45) is 0 Å². The Morgan fingerprint density at radius 1 is 1.13 bits per heavy atom. The van der Waals surface area contributed by atoms with E-state index in [1.165, 1.54) is 19.3 Å². The Morgan fingerprint density at radius 2 is 1.80 bits per heavy atom. The van der Waals surface area contributed by atoms with Crippen LogP contribution >= 0.6 is 24.0 Å². The fraction of sp³-hybridized carbons (Fsp3) is 0.455. The summed E-state index contributed by atoms with van der Waals surface area (Å²) in [5.41, 5.74) is 7.51. The minimum absolute atomic E-state index is 0. The van der Waals surface area contributed by atoms with E-state index in [1.54, 1.807) is 0 Å². The molecule has 2 nitrogen and oxygen atoms in total. The maximum absolute atomic E-state index is 6.14. The van der Waals surface area contributed by atoms with Crippen LogP contribution in [0, 0.1) is 0 Å². The van der Waals surface area contributed by atoms with Gasteiger partial charge in [0.1, 0.15) is 0 Å². The summed E-state index contributed by atoms with van der Waals surface area (Å²) < 4.78 is 0. The molecule has 0 amide bonds. The van der Waals surface area contributed by atoms with Crippen molar-refractivity contribution in [2.45, 2.75) is 19.3 Å². The molecule has 4 heteroatoms. The lowest BCUT2D eigenvalue weighted by Gasteiger charge is -2.29. The van der Waals surface area contributed by atoms with E-state index in [0.717, 1.165) is 29.5 Å². The fourth-order valence-corrected chi connectivity index (χ4v) is 2.22. The van der Waals surface area contributed by atoms with Crippen molar-refractivity contribution in [1.82, 2.24) is 0 Å². The first-order valence-corrected chi connectivity index (χ1v) is 5.45. The van der Waals surface area contributed by atoms with Crippen LogP contribution in [0.1, 0.15) is 19.3 Å². The first-order chi connectivity index (χ1) is 6.77. The van der Waals surface area contributed by atoms with E-state index in [2.05, 4.69) is 4.90 Å². The summed E-state index contributed by atoms with van der Waals surface area (Å²) in [5, 5.41) is 0.770. The number of benzene rings is 1. The highest BCUT2D eigenvalue weighted by atomic mass is 35.5. The first kappa shape index (κ1) is 12.5. The van der Waals surface area contributed by atoms with Crippen LogP contribution in [0.3, 0.4) is 0 Å². The summed E-state index contributed by atoms with van der Waals surface area (Å²) in [6.45, 7) is 2.23. The number of halogens is 2. The van der Waals surface area contributed by atoms with Gasteiger partial charge in [-0.2, -0.15) is 0 Å². The zero-order chi connectivity index (χ0) is 9.97. The van der Waals surface area contributed by atoms with Crippen molar-refractivity contribution in [3.8, 4) is 0 Å². The van der Waals surface area contributed by atoms with Crippen molar-refractivity contribution in [2.75, 3.05) is 23.7 Å². The molecule has 0 aliphatic carbocycles. The maximum Gasteiger partial charge on any atom is 0.0660 e. The van der Waals surface area contributed by atoms with Crippen molar-refractivity contribution in [1.29, 1.82) is 0 Å². The molecule has 0 saturated carbocycles. The van der Waals surface area contributed by atoms with E-state index >= 15 is 0 Å². The molecule has 1 aliphatic heterocycles. The standard InChI is InChI=1S/C11H15ClN2.ClH/c12-10-8-9(13)4-5-11(10)14-6-2-1-3-7-14;/h4-5,8H,1-3,6-7,13H2;1H. The molecular formula is C11H16Cl2N2. The minimum atomic E-state index is 0. The summed E-state index contributed by atoms with van der Waals surface area (Å²) in [4.78, 5) is 2.34. The molecule has 84 valence electrons. The van der Waals surface area contributed by atoms with Gasteiger partial charge >= 0.3 is 0 Å². The van der Waals surface area contributed by atoms with Crippen LogP contribution in [-0.4, -0.2) is 13.1 Å². The minimum Gasteiger partial charge on any atom is -0.399 e. The third-order valence-corrected chi connectivity index (χ3v) is 2.97. The second-order valence-electron chi connectivity index (χ2n) is 3.76. The third-order valence-electron chi connectivity index (χ3n) is 2.67. The van der Waals surface area contributed by atoms with Gasteiger partial charge in [0.2, 0.25) is 0 Å². The summed E-state index contributed by atoms with van der Waals surface area (Å²) in [5.74, 6) is 0.